The zero-order valence-corrected chi connectivity index (χ0v) is 14.1. The fourth-order valence-electron chi connectivity index (χ4n) is 2.65. The zero-order chi connectivity index (χ0) is 18.8. The van der Waals surface area contributed by atoms with Gasteiger partial charge in [0.05, 0.1) is 25.2 Å². The number of nitrogens with zero attached hydrogens (tertiary/aromatic N) is 5. The van der Waals surface area contributed by atoms with E-state index in [1.54, 1.807) is 41.2 Å². The summed E-state index contributed by atoms with van der Waals surface area (Å²) < 4.78 is 36.3. The van der Waals surface area contributed by atoms with E-state index in [-0.39, 0.29) is 5.75 Å². The molecular formula is C18H13F2N5O2. The van der Waals surface area contributed by atoms with Crippen molar-refractivity contribution < 1.29 is 18.3 Å². The van der Waals surface area contributed by atoms with Crippen molar-refractivity contribution in [1.29, 1.82) is 0 Å². The summed E-state index contributed by atoms with van der Waals surface area (Å²) in [5.74, 6) is 0.893. The number of hydrogen-bond donors (Lipinski definition) is 0. The van der Waals surface area contributed by atoms with Gasteiger partial charge in [0.1, 0.15) is 17.0 Å². The molecule has 9 heteroatoms. The van der Waals surface area contributed by atoms with Crippen LogP contribution in [0.25, 0.3) is 28.4 Å². The number of hydrogen-bond acceptors (Lipinski definition) is 6. The van der Waals surface area contributed by atoms with Crippen LogP contribution in [-0.4, -0.2) is 38.2 Å². The Hall–Kier alpha value is -3.62. The first-order chi connectivity index (χ1) is 13.2. The first-order valence-corrected chi connectivity index (χ1v) is 7.91. The topological polar surface area (TPSA) is 75.0 Å². The van der Waals surface area contributed by atoms with E-state index >= 15 is 0 Å². The van der Waals surface area contributed by atoms with Crippen LogP contribution in [0.1, 0.15) is 0 Å². The van der Waals surface area contributed by atoms with Gasteiger partial charge in [-0.2, -0.15) is 8.78 Å². The van der Waals surface area contributed by atoms with Gasteiger partial charge >= 0.3 is 6.61 Å². The molecule has 136 valence electrons. The van der Waals surface area contributed by atoms with E-state index in [1.165, 1.54) is 19.4 Å². The van der Waals surface area contributed by atoms with E-state index in [0.29, 0.717) is 34.2 Å². The SMILES string of the molecule is COc1ccc(-n2c(-c3ccccn3)nc3cc(OC(F)F)cnc32)cn1. The van der Waals surface area contributed by atoms with E-state index in [9.17, 15) is 8.78 Å². The highest BCUT2D eigenvalue weighted by Crippen LogP contribution is 2.28. The third kappa shape index (κ3) is 3.26. The number of alkyl halides is 2. The molecule has 4 aromatic rings. The molecule has 7 nitrogen and oxygen atoms in total. The van der Waals surface area contributed by atoms with Crippen molar-refractivity contribution in [2.24, 2.45) is 0 Å². The maximum atomic E-state index is 12.5. The molecule has 0 saturated carbocycles. The standard InChI is InChI=1S/C18H13F2N5O2/c1-26-15-6-5-11(9-22-15)25-16-14(8-12(10-23-16)27-18(19)20)24-17(25)13-4-2-3-7-21-13/h2-10,18H,1H3. The molecule has 27 heavy (non-hydrogen) atoms. The summed E-state index contributed by atoms with van der Waals surface area (Å²) in [7, 11) is 1.53. The average Bonchev–Trinajstić information content (AvgIpc) is 3.07. The number of rotatable bonds is 5. The molecule has 0 aliphatic rings. The van der Waals surface area contributed by atoms with Crippen molar-refractivity contribution in [3.63, 3.8) is 0 Å². The lowest BCUT2D eigenvalue weighted by Crippen LogP contribution is -2.03. The van der Waals surface area contributed by atoms with Crippen LogP contribution in [0.15, 0.2) is 55.0 Å². The average molecular weight is 369 g/mol. The summed E-state index contributed by atoms with van der Waals surface area (Å²) in [6.07, 6.45) is 4.48. The molecule has 0 aliphatic heterocycles. The number of fused-ring (bicyclic) bond motifs is 1. The largest absolute Gasteiger partial charge is 0.481 e. The van der Waals surface area contributed by atoms with Crippen molar-refractivity contribution in [3.05, 3.63) is 55.0 Å². The minimum Gasteiger partial charge on any atom is -0.481 e. The number of imidazole rings is 1. The van der Waals surface area contributed by atoms with E-state index < -0.39 is 6.61 Å². The fourth-order valence-corrected chi connectivity index (χ4v) is 2.65. The molecule has 0 N–H and O–H groups in total. The normalized spacial score (nSPS) is 11.1. The van der Waals surface area contributed by atoms with Crippen molar-refractivity contribution >= 4 is 11.2 Å². The molecule has 4 heterocycles. The van der Waals surface area contributed by atoms with E-state index in [2.05, 4.69) is 24.7 Å². The Balaban J connectivity index is 1.92. The summed E-state index contributed by atoms with van der Waals surface area (Å²) in [5, 5.41) is 0. The summed E-state index contributed by atoms with van der Waals surface area (Å²) in [6, 6.07) is 10.3. The first kappa shape index (κ1) is 16.8. The predicted octanol–water partition coefficient (Wildman–Crippen LogP) is 3.49. The van der Waals surface area contributed by atoms with Crippen LogP contribution in [0, 0.1) is 0 Å². The molecule has 0 atom stereocenters. The molecule has 4 rings (SSSR count). The van der Waals surface area contributed by atoms with Gasteiger partial charge in [-0.3, -0.25) is 9.55 Å². The maximum Gasteiger partial charge on any atom is 0.387 e. The van der Waals surface area contributed by atoms with Gasteiger partial charge in [-0.1, -0.05) is 6.07 Å². The van der Waals surface area contributed by atoms with Gasteiger partial charge in [-0.05, 0) is 18.2 Å². The lowest BCUT2D eigenvalue weighted by atomic mass is 10.3. The van der Waals surface area contributed by atoms with Gasteiger partial charge in [-0.15, -0.1) is 0 Å². The molecule has 0 fully saturated rings. The zero-order valence-electron chi connectivity index (χ0n) is 14.1. The second kappa shape index (κ2) is 6.94. The van der Waals surface area contributed by atoms with Gasteiger partial charge < -0.3 is 9.47 Å². The lowest BCUT2D eigenvalue weighted by molar-refractivity contribution is -0.0499. The summed E-state index contributed by atoms with van der Waals surface area (Å²) in [6.45, 7) is -2.94. The molecule has 0 radical (unpaired) electrons. The molecule has 0 spiro atoms. The number of halogens is 2. The van der Waals surface area contributed by atoms with Gasteiger partial charge in [0, 0.05) is 18.3 Å². The molecule has 0 saturated heterocycles. The highest BCUT2D eigenvalue weighted by Gasteiger charge is 2.18. The second-order valence-corrected chi connectivity index (χ2v) is 5.44. The quantitative estimate of drug-likeness (QED) is 0.536. The monoisotopic (exact) mass is 369 g/mol. The molecule has 4 aromatic heterocycles. The third-order valence-corrected chi connectivity index (χ3v) is 3.78. The minimum absolute atomic E-state index is 0.0671. The summed E-state index contributed by atoms with van der Waals surface area (Å²) in [5.41, 5.74) is 2.13. The van der Waals surface area contributed by atoms with Crippen molar-refractivity contribution in [1.82, 2.24) is 24.5 Å². The molecule has 0 aliphatic carbocycles. The molecule has 0 aromatic carbocycles. The van der Waals surface area contributed by atoms with E-state index in [0.717, 1.165) is 0 Å². The lowest BCUT2D eigenvalue weighted by Gasteiger charge is -2.09. The number of aromatic nitrogens is 5. The summed E-state index contributed by atoms with van der Waals surface area (Å²) >= 11 is 0. The Bertz CT molecular complexity index is 1070. The maximum absolute atomic E-state index is 12.5. The van der Waals surface area contributed by atoms with Crippen LogP contribution in [0.4, 0.5) is 8.78 Å². The predicted molar refractivity (Wildman–Crippen MR) is 93.1 cm³/mol. The Morgan fingerprint density at radius 3 is 2.59 bits per heavy atom. The van der Waals surface area contributed by atoms with Crippen LogP contribution >= 0.6 is 0 Å². The highest BCUT2D eigenvalue weighted by molar-refractivity contribution is 5.80. The minimum atomic E-state index is -2.94. The third-order valence-electron chi connectivity index (χ3n) is 3.78. The molecule has 0 unspecified atom stereocenters. The van der Waals surface area contributed by atoms with Crippen LogP contribution in [0.3, 0.4) is 0 Å². The van der Waals surface area contributed by atoms with Gasteiger partial charge in [0.15, 0.2) is 11.5 Å². The summed E-state index contributed by atoms with van der Waals surface area (Å²) in [4.78, 5) is 17.3. The van der Waals surface area contributed by atoms with Gasteiger partial charge in [0.2, 0.25) is 5.88 Å². The van der Waals surface area contributed by atoms with Crippen LogP contribution in [0.2, 0.25) is 0 Å². The number of ether oxygens (including phenoxy) is 2. The fraction of sp³-hybridized carbons (Fsp3) is 0.111. The Kier molecular flexibility index (Phi) is 4.33. The van der Waals surface area contributed by atoms with Gasteiger partial charge in [0.25, 0.3) is 0 Å². The van der Waals surface area contributed by atoms with Crippen LogP contribution in [-0.2, 0) is 0 Å². The van der Waals surface area contributed by atoms with E-state index in [1.807, 2.05) is 6.07 Å². The Labute approximate surface area is 152 Å². The van der Waals surface area contributed by atoms with Crippen LogP contribution < -0.4 is 9.47 Å². The molecule has 0 amide bonds. The Morgan fingerprint density at radius 1 is 1.04 bits per heavy atom. The number of methoxy groups -OCH3 is 1. The van der Waals surface area contributed by atoms with Crippen molar-refractivity contribution in [2.45, 2.75) is 6.61 Å². The van der Waals surface area contributed by atoms with Crippen molar-refractivity contribution in [3.8, 4) is 28.8 Å². The Morgan fingerprint density at radius 2 is 1.93 bits per heavy atom. The first-order valence-electron chi connectivity index (χ1n) is 7.91. The van der Waals surface area contributed by atoms with Crippen LogP contribution in [0.5, 0.6) is 11.6 Å². The highest BCUT2D eigenvalue weighted by atomic mass is 19.3. The van der Waals surface area contributed by atoms with Crippen molar-refractivity contribution in [2.75, 3.05) is 7.11 Å². The molecular weight excluding hydrogens is 356 g/mol. The van der Waals surface area contributed by atoms with E-state index in [4.69, 9.17) is 4.74 Å². The second-order valence-electron chi connectivity index (χ2n) is 5.44. The van der Waals surface area contributed by atoms with Gasteiger partial charge in [-0.25, -0.2) is 15.0 Å². The smallest absolute Gasteiger partial charge is 0.387 e. The number of pyridine rings is 3. The molecule has 0 bridgehead atoms.